The number of nitrogen functional groups attached to an aromatic ring is 1. The Bertz CT molecular complexity index is 488. The Balaban J connectivity index is 2.04. The topological polar surface area (TPSA) is 38.0 Å². The molecule has 84 valence electrons. The zero-order chi connectivity index (χ0) is 11.5. The molecule has 0 atom stereocenters. The van der Waals surface area contributed by atoms with E-state index in [0.717, 1.165) is 17.9 Å². The van der Waals surface area contributed by atoms with Crippen LogP contribution in [0.1, 0.15) is 15.3 Å². The number of hydrogen-bond donors (Lipinski definition) is 2. The van der Waals surface area contributed by atoms with Crippen molar-refractivity contribution in [2.24, 2.45) is 0 Å². The van der Waals surface area contributed by atoms with Crippen molar-refractivity contribution in [1.82, 2.24) is 0 Å². The van der Waals surface area contributed by atoms with Crippen LogP contribution in [0.4, 0.5) is 11.4 Å². The van der Waals surface area contributed by atoms with E-state index in [4.69, 9.17) is 5.73 Å². The fourth-order valence-corrected chi connectivity index (χ4v) is 2.44. The highest BCUT2D eigenvalue weighted by molar-refractivity contribution is 7.11. The second kappa shape index (κ2) is 4.58. The third-order valence-electron chi connectivity index (χ3n) is 2.46. The van der Waals surface area contributed by atoms with Crippen LogP contribution in [-0.2, 0) is 6.54 Å². The summed E-state index contributed by atoms with van der Waals surface area (Å²) in [5.74, 6) is 0. The first-order valence-corrected chi connectivity index (χ1v) is 6.12. The van der Waals surface area contributed by atoms with E-state index in [2.05, 4.69) is 30.4 Å². The van der Waals surface area contributed by atoms with E-state index in [1.165, 1.54) is 15.3 Å². The Morgan fingerprint density at radius 1 is 1.19 bits per heavy atom. The van der Waals surface area contributed by atoms with Crippen LogP contribution in [0.5, 0.6) is 0 Å². The van der Waals surface area contributed by atoms with Crippen molar-refractivity contribution in [2.75, 3.05) is 11.1 Å². The summed E-state index contributed by atoms with van der Waals surface area (Å²) in [4.78, 5) is 2.67. The zero-order valence-electron chi connectivity index (χ0n) is 9.58. The zero-order valence-corrected chi connectivity index (χ0v) is 10.4. The predicted octanol–water partition coefficient (Wildman–Crippen LogP) is 3.56. The van der Waals surface area contributed by atoms with Crippen LogP contribution < -0.4 is 11.1 Å². The van der Waals surface area contributed by atoms with E-state index in [1.807, 2.05) is 30.4 Å². The third-order valence-corrected chi connectivity index (χ3v) is 3.46. The van der Waals surface area contributed by atoms with Gasteiger partial charge in [0.25, 0.3) is 0 Å². The summed E-state index contributed by atoms with van der Waals surface area (Å²) in [6.45, 7) is 5.00. The van der Waals surface area contributed by atoms with Gasteiger partial charge < -0.3 is 11.1 Å². The molecule has 0 aliphatic rings. The van der Waals surface area contributed by atoms with E-state index in [1.54, 1.807) is 0 Å². The molecule has 2 rings (SSSR count). The SMILES string of the molecule is Cc1ccc(NCc2ccc(C)s2)c(N)c1. The van der Waals surface area contributed by atoms with E-state index in [9.17, 15) is 0 Å². The van der Waals surface area contributed by atoms with Gasteiger partial charge in [-0.05, 0) is 43.7 Å². The molecule has 2 nitrogen and oxygen atoms in total. The fourth-order valence-electron chi connectivity index (χ4n) is 1.61. The molecule has 0 radical (unpaired) electrons. The molecule has 0 spiro atoms. The summed E-state index contributed by atoms with van der Waals surface area (Å²) in [6, 6.07) is 10.4. The molecule has 0 aliphatic carbocycles. The van der Waals surface area contributed by atoms with Crippen LogP contribution >= 0.6 is 11.3 Å². The minimum atomic E-state index is 0.813. The minimum absolute atomic E-state index is 0.813. The molecule has 16 heavy (non-hydrogen) atoms. The molecule has 2 aromatic rings. The molecule has 1 aromatic heterocycles. The lowest BCUT2D eigenvalue weighted by atomic mass is 10.2. The highest BCUT2D eigenvalue weighted by Gasteiger charge is 2.00. The highest BCUT2D eigenvalue weighted by Crippen LogP contribution is 2.22. The standard InChI is InChI=1S/C13H16N2S/c1-9-3-6-13(12(14)7-9)15-8-11-5-4-10(2)16-11/h3-7,15H,8,14H2,1-2H3. The first-order valence-electron chi connectivity index (χ1n) is 5.30. The molecular formula is C13H16N2S. The monoisotopic (exact) mass is 232 g/mol. The Hall–Kier alpha value is -1.48. The van der Waals surface area contributed by atoms with Crippen molar-refractivity contribution in [3.05, 3.63) is 45.6 Å². The average Bonchev–Trinajstić information content (AvgIpc) is 2.63. The van der Waals surface area contributed by atoms with Crippen LogP contribution in [0.15, 0.2) is 30.3 Å². The van der Waals surface area contributed by atoms with Gasteiger partial charge in [-0.25, -0.2) is 0 Å². The average molecular weight is 232 g/mol. The normalized spacial score (nSPS) is 10.4. The van der Waals surface area contributed by atoms with Crippen LogP contribution in [0.2, 0.25) is 0 Å². The fraction of sp³-hybridized carbons (Fsp3) is 0.231. The first-order chi connectivity index (χ1) is 7.65. The van der Waals surface area contributed by atoms with E-state index in [0.29, 0.717) is 0 Å². The van der Waals surface area contributed by atoms with Crippen molar-refractivity contribution < 1.29 is 0 Å². The molecular weight excluding hydrogens is 216 g/mol. The largest absolute Gasteiger partial charge is 0.397 e. The van der Waals surface area contributed by atoms with Gasteiger partial charge in [0.2, 0.25) is 0 Å². The molecule has 1 heterocycles. The highest BCUT2D eigenvalue weighted by atomic mass is 32.1. The van der Waals surface area contributed by atoms with Crippen LogP contribution in [0.3, 0.4) is 0 Å². The molecule has 3 N–H and O–H groups in total. The van der Waals surface area contributed by atoms with Crippen LogP contribution in [-0.4, -0.2) is 0 Å². The molecule has 0 amide bonds. The maximum atomic E-state index is 5.93. The van der Waals surface area contributed by atoms with Crippen molar-refractivity contribution in [3.63, 3.8) is 0 Å². The van der Waals surface area contributed by atoms with Crippen molar-refractivity contribution in [1.29, 1.82) is 0 Å². The van der Waals surface area contributed by atoms with Gasteiger partial charge in [0.1, 0.15) is 0 Å². The summed E-state index contributed by atoms with van der Waals surface area (Å²) in [6.07, 6.45) is 0. The Kier molecular flexibility index (Phi) is 3.15. The number of aryl methyl sites for hydroxylation is 2. The molecule has 0 saturated heterocycles. The molecule has 0 bridgehead atoms. The van der Waals surface area contributed by atoms with E-state index < -0.39 is 0 Å². The lowest BCUT2D eigenvalue weighted by Crippen LogP contribution is -2.01. The summed E-state index contributed by atoms with van der Waals surface area (Å²) in [5.41, 5.74) is 8.95. The van der Waals surface area contributed by atoms with Gasteiger partial charge in [-0.3, -0.25) is 0 Å². The second-order valence-corrected chi connectivity index (χ2v) is 5.33. The quantitative estimate of drug-likeness (QED) is 0.794. The number of thiophene rings is 1. The number of anilines is 2. The maximum Gasteiger partial charge on any atom is 0.0577 e. The molecule has 1 aromatic carbocycles. The van der Waals surface area contributed by atoms with Gasteiger partial charge in [-0.1, -0.05) is 6.07 Å². The van der Waals surface area contributed by atoms with Gasteiger partial charge in [-0.2, -0.15) is 0 Å². The third kappa shape index (κ3) is 2.55. The van der Waals surface area contributed by atoms with Gasteiger partial charge >= 0.3 is 0 Å². The summed E-state index contributed by atoms with van der Waals surface area (Å²) < 4.78 is 0. The van der Waals surface area contributed by atoms with Gasteiger partial charge in [-0.15, -0.1) is 11.3 Å². The molecule has 0 fully saturated rings. The number of nitrogens with one attached hydrogen (secondary N) is 1. The van der Waals surface area contributed by atoms with Crippen molar-refractivity contribution in [3.8, 4) is 0 Å². The molecule has 0 aliphatic heterocycles. The Labute approximate surface area is 100 Å². The van der Waals surface area contributed by atoms with E-state index >= 15 is 0 Å². The first kappa shape index (κ1) is 11.0. The number of rotatable bonds is 3. The smallest absolute Gasteiger partial charge is 0.0577 e. The number of hydrogen-bond acceptors (Lipinski definition) is 3. The number of nitrogens with two attached hydrogens (primary N) is 1. The molecule has 3 heteroatoms. The lowest BCUT2D eigenvalue weighted by molar-refractivity contribution is 1.19. The predicted molar refractivity (Wildman–Crippen MR) is 72.0 cm³/mol. The van der Waals surface area contributed by atoms with Gasteiger partial charge in [0, 0.05) is 16.3 Å². The maximum absolute atomic E-state index is 5.93. The van der Waals surface area contributed by atoms with Crippen LogP contribution in [0.25, 0.3) is 0 Å². The van der Waals surface area contributed by atoms with E-state index in [-0.39, 0.29) is 0 Å². The minimum Gasteiger partial charge on any atom is -0.397 e. The van der Waals surface area contributed by atoms with Gasteiger partial charge in [0.15, 0.2) is 0 Å². The molecule has 0 unspecified atom stereocenters. The number of benzene rings is 1. The summed E-state index contributed by atoms with van der Waals surface area (Å²) >= 11 is 1.81. The lowest BCUT2D eigenvalue weighted by Gasteiger charge is -2.08. The summed E-state index contributed by atoms with van der Waals surface area (Å²) in [5, 5.41) is 3.36. The Morgan fingerprint density at radius 2 is 2.00 bits per heavy atom. The van der Waals surface area contributed by atoms with Crippen LogP contribution in [0, 0.1) is 13.8 Å². The Morgan fingerprint density at radius 3 is 2.62 bits per heavy atom. The molecule has 0 saturated carbocycles. The van der Waals surface area contributed by atoms with Crippen molar-refractivity contribution in [2.45, 2.75) is 20.4 Å². The van der Waals surface area contributed by atoms with Crippen molar-refractivity contribution >= 4 is 22.7 Å². The second-order valence-electron chi connectivity index (χ2n) is 3.96. The summed E-state index contributed by atoms with van der Waals surface area (Å²) in [7, 11) is 0. The van der Waals surface area contributed by atoms with Gasteiger partial charge in [0.05, 0.1) is 11.4 Å².